The summed E-state index contributed by atoms with van der Waals surface area (Å²) in [4.78, 5) is 0. The molecule has 0 aromatic heterocycles. The SMILES string of the molecule is CCC(C)C(CO)NS(=O)(=O)C1=CC=C(Br)S1(=O)=O. The highest BCUT2D eigenvalue weighted by molar-refractivity contribution is 9.13. The quantitative estimate of drug-likeness (QED) is 0.717. The largest absolute Gasteiger partial charge is 0.395 e. The summed E-state index contributed by atoms with van der Waals surface area (Å²) in [5.74, 6) is -0.110. The van der Waals surface area contributed by atoms with Crippen LogP contribution >= 0.6 is 15.9 Å². The molecule has 0 aliphatic carbocycles. The van der Waals surface area contributed by atoms with Crippen LogP contribution in [0, 0.1) is 5.92 Å². The molecule has 0 bridgehead atoms. The Labute approximate surface area is 121 Å². The number of rotatable bonds is 6. The molecule has 2 atom stereocenters. The van der Waals surface area contributed by atoms with Crippen LogP contribution in [-0.4, -0.2) is 34.6 Å². The molecule has 1 aliphatic heterocycles. The molecule has 1 heterocycles. The normalized spacial score (nSPS) is 21.7. The van der Waals surface area contributed by atoms with Crippen molar-refractivity contribution < 1.29 is 21.9 Å². The Morgan fingerprint density at radius 3 is 2.37 bits per heavy atom. The third-order valence-corrected chi connectivity index (χ3v) is 8.42. The Morgan fingerprint density at radius 2 is 2.00 bits per heavy atom. The minimum absolute atomic E-state index is 0.110. The molecule has 0 radical (unpaired) electrons. The first-order valence-corrected chi connectivity index (χ1v) is 9.38. The van der Waals surface area contributed by atoms with Gasteiger partial charge in [-0.1, -0.05) is 20.3 Å². The first-order chi connectivity index (χ1) is 8.66. The van der Waals surface area contributed by atoms with E-state index in [0.29, 0.717) is 6.42 Å². The lowest BCUT2D eigenvalue weighted by Gasteiger charge is -2.22. The predicted octanol–water partition coefficient (Wildman–Crippen LogP) is 0.819. The number of nitrogens with one attached hydrogen (secondary N) is 1. The lowest BCUT2D eigenvalue weighted by atomic mass is 10.0. The third kappa shape index (κ3) is 3.46. The number of sulfonamides is 1. The van der Waals surface area contributed by atoms with E-state index in [1.54, 1.807) is 6.92 Å². The Kier molecular flexibility index (Phi) is 5.35. The van der Waals surface area contributed by atoms with Crippen molar-refractivity contribution in [2.24, 2.45) is 5.92 Å². The van der Waals surface area contributed by atoms with Gasteiger partial charge in [0.25, 0.3) is 10.0 Å². The van der Waals surface area contributed by atoms with E-state index in [1.165, 1.54) is 6.08 Å². The summed E-state index contributed by atoms with van der Waals surface area (Å²) in [6, 6.07) is -0.717. The number of halogens is 1. The lowest BCUT2D eigenvalue weighted by molar-refractivity contribution is 0.219. The van der Waals surface area contributed by atoms with Gasteiger partial charge in [0.15, 0.2) is 4.24 Å². The van der Waals surface area contributed by atoms with Gasteiger partial charge in [-0.3, -0.25) is 0 Å². The van der Waals surface area contributed by atoms with Gasteiger partial charge in [0.2, 0.25) is 9.84 Å². The molecule has 1 aliphatic rings. The molecule has 19 heavy (non-hydrogen) atoms. The first kappa shape index (κ1) is 16.8. The van der Waals surface area contributed by atoms with E-state index in [1.807, 2.05) is 6.92 Å². The molecule has 0 fully saturated rings. The Morgan fingerprint density at radius 1 is 1.42 bits per heavy atom. The van der Waals surface area contributed by atoms with Crippen LogP contribution in [0.1, 0.15) is 20.3 Å². The standard InChI is InChI=1S/C10H16BrNO5S2/c1-3-7(2)8(6-13)12-19(16,17)10-5-4-9(11)18(10,14)15/h4-5,7-8,12-13H,3,6H2,1-2H3. The van der Waals surface area contributed by atoms with E-state index in [0.717, 1.165) is 6.08 Å². The van der Waals surface area contributed by atoms with Crippen molar-refractivity contribution in [2.45, 2.75) is 26.3 Å². The molecule has 9 heteroatoms. The van der Waals surface area contributed by atoms with E-state index in [-0.39, 0.29) is 9.73 Å². The lowest BCUT2D eigenvalue weighted by Crippen LogP contribution is -2.42. The number of hydrogen-bond donors (Lipinski definition) is 2. The zero-order chi connectivity index (χ0) is 14.8. The summed E-state index contributed by atoms with van der Waals surface area (Å²) in [5.41, 5.74) is 0. The molecule has 6 nitrogen and oxygen atoms in total. The Hall–Kier alpha value is -0.220. The Bertz CT molecular complexity index is 606. The maximum absolute atomic E-state index is 12.1. The minimum Gasteiger partial charge on any atom is -0.395 e. The van der Waals surface area contributed by atoms with Crippen molar-refractivity contribution in [3.63, 3.8) is 0 Å². The van der Waals surface area contributed by atoms with Crippen LogP contribution in [0.15, 0.2) is 20.2 Å². The van der Waals surface area contributed by atoms with Crippen LogP contribution in [-0.2, 0) is 19.9 Å². The monoisotopic (exact) mass is 373 g/mol. The van der Waals surface area contributed by atoms with Crippen LogP contribution in [0.2, 0.25) is 0 Å². The number of aliphatic hydroxyl groups is 1. The zero-order valence-corrected chi connectivity index (χ0v) is 13.7. The molecule has 0 saturated carbocycles. The van der Waals surface area contributed by atoms with E-state index in [4.69, 9.17) is 0 Å². The molecule has 0 aromatic carbocycles. The van der Waals surface area contributed by atoms with Gasteiger partial charge in [0.05, 0.1) is 6.61 Å². The maximum atomic E-state index is 12.1. The van der Waals surface area contributed by atoms with Gasteiger partial charge in [0.1, 0.15) is 3.81 Å². The van der Waals surface area contributed by atoms with Crippen LogP contribution in [0.4, 0.5) is 0 Å². The van der Waals surface area contributed by atoms with Crippen molar-refractivity contribution in [2.75, 3.05) is 6.61 Å². The molecule has 0 aromatic rings. The molecular formula is C10H16BrNO5S2. The van der Waals surface area contributed by atoms with Gasteiger partial charge in [-0.25, -0.2) is 21.6 Å². The molecule has 2 unspecified atom stereocenters. The summed E-state index contributed by atoms with van der Waals surface area (Å²) in [5, 5.41) is 9.20. The predicted molar refractivity (Wildman–Crippen MR) is 76.4 cm³/mol. The van der Waals surface area contributed by atoms with E-state index in [9.17, 15) is 21.9 Å². The van der Waals surface area contributed by atoms with Crippen LogP contribution in [0.25, 0.3) is 0 Å². The van der Waals surface area contributed by atoms with Gasteiger partial charge in [0, 0.05) is 6.04 Å². The molecule has 1 rings (SSSR count). The highest BCUT2D eigenvalue weighted by atomic mass is 79.9. The number of aliphatic hydroxyl groups excluding tert-OH is 1. The summed E-state index contributed by atoms with van der Waals surface area (Å²) in [6.45, 7) is 3.23. The minimum atomic E-state index is -4.19. The van der Waals surface area contributed by atoms with Crippen molar-refractivity contribution in [1.82, 2.24) is 4.72 Å². The molecule has 110 valence electrons. The zero-order valence-electron chi connectivity index (χ0n) is 10.5. The van der Waals surface area contributed by atoms with Gasteiger partial charge in [-0.15, -0.1) is 0 Å². The molecule has 0 saturated heterocycles. The van der Waals surface area contributed by atoms with Gasteiger partial charge in [-0.2, -0.15) is 0 Å². The van der Waals surface area contributed by atoms with E-state index < -0.39 is 36.7 Å². The van der Waals surface area contributed by atoms with Crippen LogP contribution in [0.3, 0.4) is 0 Å². The number of hydrogen-bond acceptors (Lipinski definition) is 5. The van der Waals surface area contributed by atoms with Gasteiger partial charge in [-0.05, 0) is 34.0 Å². The summed E-state index contributed by atoms with van der Waals surface area (Å²) >= 11 is 2.80. The molecule has 0 spiro atoms. The van der Waals surface area contributed by atoms with E-state index in [2.05, 4.69) is 20.7 Å². The average molecular weight is 374 g/mol. The second kappa shape index (κ2) is 6.04. The van der Waals surface area contributed by atoms with Crippen LogP contribution < -0.4 is 4.72 Å². The van der Waals surface area contributed by atoms with Crippen molar-refractivity contribution in [1.29, 1.82) is 0 Å². The summed E-state index contributed by atoms with van der Waals surface area (Å²) in [6.07, 6.45) is 2.84. The molecular weight excluding hydrogens is 358 g/mol. The van der Waals surface area contributed by atoms with Crippen molar-refractivity contribution in [3.05, 3.63) is 20.2 Å². The fraction of sp³-hybridized carbons (Fsp3) is 0.600. The smallest absolute Gasteiger partial charge is 0.252 e. The highest BCUT2D eigenvalue weighted by Gasteiger charge is 2.37. The van der Waals surface area contributed by atoms with Gasteiger partial charge >= 0.3 is 0 Å². The average Bonchev–Trinajstić information content (AvgIpc) is 2.60. The van der Waals surface area contributed by atoms with Crippen LogP contribution in [0.5, 0.6) is 0 Å². The first-order valence-electron chi connectivity index (χ1n) is 5.62. The Balaban J connectivity index is 3.03. The number of allylic oxidation sites excluding steroid dienone is 2. The maximum Gasteiger partial charge on any atom is 0.252 e. The highest BCUT2D eigenvalue weighted by Crippen LogP contribution is 2.31. The van der Waals surface area contributed by atoms with Crippen molar-refractivity contribution >= 4 is 35.8 Å². The van der Waals surface area contributed by atoms with Crippen molar-refractivity contribution in [3.8, 4) is 0 Å². The fourth-order valence-electron chi connectivity index (χ4n) is 1.52. The second-order valence-corrected chi connectivity index (χ2v) is 9.46. The topological polar surface area (TPSA) is 101 Å². The summed E-state index contributed by atoms with van der Waals surface area (Å²) in [7, 11) is -8.19. The van der Waals surface area contributed by atoms with Gasteiger partial charge < -0.3 is 5.11 Å². The molecule has 2 N–H and O–H groups in total. The second-order valence-electron chi connectivity index (χ2n) is 4.26. The summed E-state index contributed by atoms with van der Waals surface area (Å²) < 4.78 is 49.0. The van der Waals surface area contributed by atoms with E-state index >= 15 is 0 Å². The molecule has 0 amide bonds. The third-order valence-electron chi connectivity index (χ3n) is 2.97. The fourth-order valence-corrected chi connectivity index (χ4v) is 5.82. The number of sulfone groups is 1.